The molecule has 0 aliphatic carbocycles. The second kappa shape index (κ2) is 17.7. The molecule has 3 aromatic carbocycles. The summed E-state index contributed by atoms with van der Waals surface area (Å²) in [5.41, 5.74) is 4.53. The zero-order valence-electron chi connectivity index (χ0n) is 32.5. The number of ketones is 1. The van der Waals surface area contributed by atoms with Gasteiger partial charge in [-0.2, -0.15) is 0 Å². The number of carbonyl (C=O) groups excluding carboxylic acids is 2. The molecule has 1 aliphatic heterocycles. The topological polar surface area (TPSA) is 169 Å². The van der Waals surface area contributed by atoms with Crippen molar-refractivity contribution in [1.82, 2.24) is 24.7 Å². The number of aryl methyl sites for hydroxylation is 3. The van der Waals surface area contributed by atoms with Gasteiger partial charge in [-0.25, -0.2) is 19.2 Å². The standard InChI is InChI=1S/C28H37N3O3.C14H16N2O5/c1-27(2,3)28(22-15-16-23-24(20-22)34-26(33)30(23)4)17-9-11-19-31(28)25(32)29-18-10-8-14-21-12-6-5-7-13-21;1-16-10-6-5-9(8-12(10)21-14(16)20)11(17)4-2-3-7-15-13(18)19/h5-7,12-13,15-16,20H,8-11,14,17-19H2,1-4H3,(H,29,32);5-6,8,15H,2-4,7H2,1H3,(H,18,19). The van der Waals surface area contributed by atoms with E-state index in [0.717, 1.165) is 49.6 Å². The molecule has 6 rings (SSSR count). The van der Waals surface area contributed by atoms with Crippen molar-refractivity contribution in [2.45, 2.75) is 84.1 Å². The van der Waals surface area contributed by atoms with Crippen molar-refractivity contribution in [2.24, 2.45) is 19.5 Å². The average molecular weight is 756 g/mol. The quantitative estimate of drug-likeness (QED) is 0.0878. The maximum Gasteiger partial charge on any atom is 0.419 e. The number of oxazole rings is 2. The number of urea groups is 1. The predicted octanol–water partition coefficient (Wildman–Crippen LogP) is 7.34. The van der Waals surface area contributed by atoms with E-state index in [9.17, 15) is 24.0 Å². The number of unbranched alkanes of at least 4 members (excludes halogenated alkanes) is 2. The molecule has 5 aromatic rings. The molecule has 55 heavy (non-hydrogen) atoms. The molecule has 1 aliphatic rings. The number of hydrogen-bond donors (Lipinski definition) is 3. The van der Waals surface area contributed by atoms with Crippen molar-refractivity contribution < 1.29 is 28.3 Å². The molecule has 0 bridgehead atoms. The van der Waals surface area contributed by atoms with Crippen LogP contribution in [-0.4, -0.2) is 56.7 Å². The highest BCUT2D eigenvalue weighted by Gasteiger charge is 2.51. The third kappa shape index (κ3) is 9.38. The average Bonchev–Trinajstić information content (AvgIpc) is 3.62. The lowest BCUT2D eigenvalue weighted by molar-refractivity contribution is -0.0135. The first-order valence-corrected chi connectivity index (χ1v) is 19.0. The number of carboxylic acid groups (broad SMARTS) is 1. The van der Waals surface area contributed by atoms with Crippen LogP contribution in [0.15, 0.2) is 85.2 Å². The fourth-order valence-electron chi connectivity index (χ4n) is 7.60. The minimum atomic E-state index is -1.06. The Bertz CT molecular complexity index is 2230. The van der Waals surface area contributed by atoms with Gasteiger partial charge in [0.05, 0.1) is 16.6 Å². The Morgan fingerprint density at radius 1 is 0.782 bits per heavy atom. The van der Waals surface area contributed by atoms with E-state index >= 15 is 0 Å². The molecule has 13 heteroatoms. The Morgan fingerprint density at radius 3 is 2.05 bits per heavy atom. The Balaban J connectivity index is 0.000000237. The van der Waals surface area contributed by atoms with Gasteiger partial charge in [-0.15, -0.1) is 0 Å². The van der Waals surface area contributed by atoms with E-state index in [0.29, 0.717) is 61.1 Å². The lowest BCUT2D eigenvalue weighted by atomic mass is 9.64. The molecule has 3 N–H and O–H groups in total. The lowest BCUT2D eigenvalue weighted by Crippen LogP contribution is -2.61. The number of piperidine rings is 1. The normalized spacial score (nSPS) is 15.8. The molecular formula is C42H53N5O8. The number of likely N-dealkylation sites (tertiary alicyclic amines) is 1. The highest BCUT2D eigenvalue weighted by molar-refractivity contribution is 5.98. The van der Waals surface area contributed by atoms with Crippen LogP contribution >= 0.6 is 0 Å². The number of carbonyl (C=O) groups is 3. The molecule has 1 fully saturated rings. The largest absolute Gasteiger partial charge is 0.465 e. The van der Waals surface area contributed by atoms with Crippen LogP contribution in [0.25, 0.3) is 22.2 Å². The summed E-state index contributed by atoms with van der Waals surface area (Å²) in [4.78, 5) is 61.3. The van der Waals surface area contributed by atoms with E-state index in [1.54, 1.807) is 32.3 Å². The lowest BCUT2D eigenvalue weighted by Gasteiger charge is -2.55. The van der Waals surface area contributed by atoms with Crippen LogP contribution in [0.3, 0.4) is 0 Å². The van der Waals surface area contributed by atoms with Gasteiger partial charge in [-0.3, -0.25) is 13.9 Å². The first-order valence-electron chi connectivity index (χ1n) is 19.0. The second-order valence-electron chi connectivity index (χ2n) is 15.2. The minimum absolute atomic E-state index is 0.0102. The second-order valence-corrected chi connectivity index (χ2v) is 15.2. The summed E-state index contributed by atoms with van der Waals surface area (Å²) in [5, 5.41) is 13.8. The Hall–Kier alpha value is -5.59. The van der Waals surface area contributed by atoms with E-state index < -0.39 is 17.4 Å². The van der Waals surface area contributed by atoms with Crippen molar-refractivity contribution in [3.05, 3.63) is 105 Å². The molecule has 3 amide bonds. The van der Waals surface area contributed by atoms with Crippen LogP contribution < -0.4 is 22.1 Å². The van der Waals surface area contributed by atoms with Crippen LogP contribution in [0.5, 0.6) is 0 Å². The molecule has 294 valence electrons. The van der Waals surface area contributed by atoms with E-state index in [4.69, 9.17) is 13.9 Å². The Labute approximate surface area is 320 Å². The maximum absolute atomic E-state index is 13.5. The number of aromatic nitrogens is 2. The number of hydrogen-bond acceptors (Lipinski definition) is 7. The zero-order chi connectivity index (χ0) is 39.8. The van der Waals surface area contributed by atoms with Crippen molar-refractivity contribution in [3.8, 4) is 0 Å². The Morgan fingerprint density at radius 2 is 1.40 bits per heavy atom. The molecule has 1 saturated heterocycles. The molecule has 1 atom stereocenters. The summed E-state index contributed by atoms with van der Waals surface area (Å²) in [6, 6.07) is 21.3. The van der Waals surface area contributed by atoms with E-state index in [1.165, 1.54) is 14.7 Å². The first-order chi connectivity index (χ1) is 26.2. The van der Waals surface area contributed by atoms with Gasteiger partial charge in [0.15, 0.2) is 16.9 Å². The first kappa shape index (κ1) is 40.6. The van der Waals surface area contributed by atoms with Crippen molar-refractivity contribution in [2.75, 3.05) is 19.6 Å². The van der Waals surface area contributed by atoms with Crippen LogP contribution in [-0.2, 0) is 26.1 Å². The van der Waals surface area contributed by atoms with Gasteiger partial charge < -0.3 is 29.5 Å². The summed E-state index contributed by atoms with van der Waals surface area (Å²) < 4.78 is 13.4. The summed E-state index contributed by atoms with van der Waals surface area (Å²) in [6.45, 7) is 8.30. The van der Waals surface area contributed by atoms with Crippen LogP contribution in [0.2, 0.25) is 0 Å². The van der Waals surface area contributed by atoms with Gasteiger partial charge in [0, 0.05) is 45.7 Å². The summed E-state index contributed by atoms with van der Waals surface area (Å²) in [6.07, 6.45) is 6.37. The van der Waals surface area contributed by atoms with Crippen molar-refractivity contribution >= 4 is 40.1 Å². The monoisotopic (exact) mass is 755 g/mol. The SMILES string of the molecule is Cn1c(=O)oc2cc(C(=O)CCCCNC(=O)O)ccc21.Cn1c(=O)oc2cc(C3(C(C)(C)C)CCCCN3C(=O)NCCCCc3ccccc3)ccc21. The van der Waals surface area contributed by atoms with Gasteiger partial charge in [-0.05, 0) is 98.2 Å². The highest BCUT2D eigenvalue weighted by atomic mass is 16.4. The van der Waals surface area contributed by atoms with Crippen molar-refractivity contribution in [3.63, 3.8) is 0 Å². The summed E-state index contributed by atoms with van der Waals surface area (Å²) in [7, 11) is 3.32. The van der Waals surface area contributed by atoms with Crippen LogP contribution in [0.4, 0.5) is 9.59 Å². The van der Waals surface area contributed by atoms with E-state index in [2.05, 4.69) is 61.7 Å². The highest BCUT2D eigenvalue weighted by Crippen LogP contribution is 2.50. The molecule has 0 saturated carbocycles. The number of nitrogens with zero attached hydrogens (tertiary/aromatic N) is 3. The summed E-state index contributed by atoms with van der Waals surface area (Å²) >= 11 is 0. The van der Waals surface area contributed by atoms with Crippen LogP contribution in [0.1, 0.15) is 93.6 Å². The number of amides is 3. The van der Waals surface area contributed by atoms with Gasteiger partial charge in [0.25, 0.3) is 0 Å². The third-order valence-corrected chi connectivity index (χ3v) is 10.6. The van der Waals surface area contributed by atoms with Crippen LogP contribution in [0, 0.1) is 5.41 Å². The zero-order valence-corrected chi connectivity index (χ0v) is 32.5. The summed E-state index contributed by atoms with van der Waals surface area (Å²) in [5.74, 6) is -0.890. The maximum atomic E-state index is 13.5. The molecule has 1 unspecified atom stereocenters. The number of Topliss-reactive ketones (excluding diaryl/α,β-unsaturated/α-hetero) is 1. The van der Waals surface area contributed by atoms with Gasteiger partial charge in [0.1, 0.15) is 0 Å². The smallest absolute Gasteiger partial charge is 0.419 e. The van der Waals surface area contributed by atoms with Gasteiger partial charge >= 0.3 is 23.6 Å². The fourth-order valence-corrected chi connectivity index (χ4v) is 7.60. The number of rotatable bonds is 12. The number of nitrogens with one attached hydrogen (secondary N) is 2. The Kier molecular flexibility index (Phi) is 13.1. The molecule has 0 spiro atoms. The molecular weight excluding hydrogens is 702 g/mol. The van der Waals surface area contributed by atoms with E-state index in [-0.39, 0.29) is 23.0 Å². The molecule has 13 nitrogen and oxygen atoms in total. The molecule has 2 aromatic heterocycles. The van der Waals surface area contributed by atoms with Crippen molar-refractivity contribution in [1.29, 1.82) is 0 Å². The number of fused-ring (bicyclic) bond motifs is 2. The van der Waals surface area contributed by atoms with Gasteiger partial charge in [0.2, 0.25) is 0 Å². The molecule has 3 heterocycles. The third-order valence-electron chi connectivity index (χ3n) is 10.6. The molecule has 0 radical (unpaired) electrons. The van der Waals surface area contributed by atoms with E-state index in [1.807, 2.05) is 23.1 Å². The minimum Gasteiger partial charge on any atom is -0.465 e. The number of benzene rings is 3. The fraction of sp³-hybridized carbons (Fsp3) is 0.452. The van der Waals surface area contributed by atoms with Gasteiger partial charge in [-0.1, -0.05) is 57.2 Å². The predicted molar refractivity (Wildman–Crippen MR) is 212 cm³/mol.